The van der Waals surface area contributed by atoms with Crippen LogP contribution in [-0.4, -0.2) is 149 Å². The van der Waals surface area contributed by atoms with Crippen molar-refractivity contribution >= 4 is 90.4 Å². The van der Waals surface area contributed by atoms with Gasteiger partial charge in [-0.25, -0.2) is 28.7 Å². The molecule has 432 valence electrons. The number of nitrogens with one attached hydrogen (secondary N) is 4. The number of anilines is 5. The smallest absolute Gasteiger partial charge is 0.410 e. The van der Waals surface area contributed by atoms with Crippen molar-refractivity contribution in [3.63, 3.8) is 0 Å². The zero-order valence-electron chi connectivity index (χ0n) is 46.5. The average molecular weight is 1150 g/mol. The molecule has 0 aliphatic carbocycles. The summed E-state index contributed by atoms with van der Waals surface area (Å²) in [6.07, 6.45) is 1.02. The van der Waals surface area contributed by atoms with Crippen LogP contribution in [0.4, 0.5) is 41.6 Å². The van der Waals surface area contributed by atoms with Crippen LogP contribution in [0.5, 0.6) is 5.75 Å². The van der Waals surface area contributed by atoms with Gasteiger partial charge in [-0.1, -0.05) is 61.3 Å². The number of thiazole rings is 2. The first-order valence-corrected chi connectivity index (χ1v) is 27.9. The van der Waals surface area contributed by atoms with E-state index in [1.165, 1.54) is 46.8 Å². The number of amides is 5. The van der Waals surface area contributed by atoms with E-state index in [0.717, 1.165) is 15.8 Å². The van der Waals surface area contributed by atoms with Crippen molar-refractivity contribution in [3.8, 4) is 17.6 Å². The molecule has 0 saturated carbocycles. The zero-order valence-corrected chi connectivity index (χ0v) is 48.1. The zero-order chi connectivity index (χ0) is 58.8. The molecule has 0 aliphatic heterocycles. The summed E-state index contributed by atoms with van der Waals surface area (Å²) in [5.41, 5.74) is 14.1. The molecule has 0 saturated heterocycles. The molecule has 0 bridgehead atoms. The molecule has 3 aromatic carbocycles. The van der Waals surface area contributed by atoms with Crippen molar-refractivity contribution in [1.29, 1.82) is 0 Å². The number of likely N-dealkylation sites (N-methyl/N-ethyl adjacent to an activating group) is 1. The first-order valence-electron chi connectivity index (χ1n) is 26.3. The normalized spacial score (nSPS) is 12.4. The maximum Gasteiger partial charge on any atom is 0.410 e. The van der Waals surface area contributed by atoms with Gasteiger partial charge < -0.3 is 66.7 Å². The Morgan fingerprint density at radius 3 is 2.36 bits per heavy atom. The number of aryl methyl sites for hydroxylation is 2. The number of ether oxygens (including phenoxy) is 2. The number of primary amides is 1. The molecule has 0 aliphatic rings. The van der Waals surface area contributed by atoms with Gasteiger partial charge >= 0.3 is 18.1 Å². The number of quaternary nitrogens is 1. The van der Waals surface area contributed by atoms with Crippen molar-refractivity contribution in [1.82, 2.24) is 35.7 Å². The standard InChI is InChI=1S/C56H70FN13O9S2/c1-34(2)47(58)51(73)62-42(17-10-26-60-53(59)76)50(72)61-38-23-20-37(21-24-38)33-79-56(77)68(4)27-11-14-36-22-25-43(40(57)31-36)78-29-13-19-45-48(52(74)75)64-55(81-45)69(28-12-15-39(71)32-70(5,6)7)46-30-35(3)49(67-66-46)65-54-63-41-16-8-9-18-44(41)80-54/h8-9,16,18,20-25,30-31,34,39,42,47,71H,10,12-13,15,17,19,26-29,32-33,58H2,1-7H3,(H6-,59,60,61,62,63,65,67,72,73,74,75,76)/p+1/t39?,42-,47-/m0/s1. The lowest BCUT2D eigenvalue weighted by atomic mass is 10.0. The number of nitrogens with zero attached hydrogens (tertiary/aromatic N) is 7. The highest BCUT2D eigenvalue weighted by molar-refractivity contribution is 7.22. The lowest BCUT2D eigenvalue weighted by molar-refractivity contribution is -0.873. The van der Waals surface area contributed by atoms with Crippen LogP contribution >= 0.6 is 22.7 Å². The number of fused-ring (bicyclic) bond motifs is 1. The third kappa shape index (κ3) is 19.3. The van der Waals surface area contributed by atoms with E-state index in [0.29, 0.717) is 86.8 Å². The van der Waals surface area contributed by atoms with Gasteiger partial charge in [0.1, 0.15) is 25.3 Å². The molecular weight excluding hydrogens is 1080 g/mol. The van der Waals surface area contributed by atoms with Gasteiger partial charge in [-0.15, -0.1) is 21.5 Å². The molecule has 10 N–H and O–H groups in total. The number of carbonyl (C=O) groups is 5. The predicted molar refractivity (Wildman–Crippen MR) is 310 cm³/mol. The minimum Gasteiger partial charge on any atom is -0.491 e. The summed E-state index contributed by atoms with van der Waals surface area (Å²) >= 11 is 2.71. The van der Waals surface area contributed by atoms with Crippen molar-refractivity contribution in [2.45, 2.75) is 84.1 Å². The number of hydrogen-bond donors (Lipinski definition) is 8. The third-order valence-electron chi connectivity index (χ3n) is 12.4. The minimum absolute atomic E-state index is 0.0137. The summed E-state index contributed by atoms with van der Waals surface area (Å²) in [4.78, 5) is 75.1. The second kappa shape index (κ2) is 29.4. The Morgan fingerprint density at radius 2 is 1.68 bits per heavy atom. The topological polar surface area (TPSA) is 302 Å². The molecule has 6 aromatic rings. The summed E-state index contributed by atoms with van der Waals surface area (Å²) in [5.74, 6) is 3.68. The Morgan fingerprint density at radius 1 is 0.926 bits per heavy atom. The fraction of sp³-hybridized carbons (Fsp3) is 0.411. The van der Waals surface area contributed by atoms with E-state index in [1.54, 1.807) is 44.2 Å². The Hall–Kier alpha value is -8.02. The Labute approximate surface area is 478 Å². The van der Waals surface area contributed by atoms with Gasteiger partial charge in [0, 0.05) is 36.3 Å². The van der Waals surface area contributed by atoms with Gasteiger partial charge in [0.2, 0.25) is 11.8 Å². The molecule has 81 heavy (non-hydrogen) atoms. The number of rotatable bonds is 28. The van der Waals surface area contributed by atoms with Gasteiger partial charge in [-0.2, -0.15) is 0 Å². The summed E-state index contributed by atoms with van der Waals surface area (Å²) in [6, 6.07) is 18.0. The third-order valence-corrected chi connectivity index (χ3v) is 14.5. The molecule has 22 nitrogen and oxygen atoms in total. The molecule has 3 atom stereocenters. The van der Waals surface area contributed by atoms with E-state index < -0.39 is 53.9 Å². The molecule has 0 radical (unpaired) electrons. The number of carboxylic acid groups (broad SMARTS) is 1. The SMILES string of the molecule is Cc1cc(N(CCCC(O)C[N+](C)(C)C)c2nc(C(=O)O)c(CCCOc3ccc(C#CCN(C)C(=O)OCc4ccc(NC(=O)[C@H](CCCNC(N)=O)NC(=O)[C@@H](N)C(C)C)cc4)cc3F)s2)nnc1Nc1nc2ccccc2s1. The number of carboxylic acids is 1. The number of benzene rings is 3. The van der Waals surface area contributed by atoms with Crippen molar-refractivity contribution < 1.29 is 52.5 Å². The van der Waals surface area contributed by atoms with Gasteiger partial charge in [-0.05, 0) is 111 Å². The van der Waals surface area contributed by atoms with E-state index >= 15 is 4.39 Å². The number of hydrogen-bond acceptors (Lipinski definition) is 17. The second-order valence-electron chi connectivity index (χ2n) is 20.6. The quantitative estimate of drug-likeness (QED) is 0.0141. The van der Waals surface area contributed by atoms with Crippen LogP contribution in [0.3, 0.4) is 0 Å². The summed E-state index contributed by atoms with van der Waals surface area (Å²) in [5, 5.41) is 42.4. The van der Waals surface area contributed by atoms with E-state index in [9.17, 15) is 34.2 Å². The fourth-order valence-corrected chi connectivity index (χ4v) is 10.0. The van der Waals surface area contributed by atoms with Crippen molar-refractivity contribution in [2.75, 3.05) is 76.5 Å². The molecular formula is C56H71FN13O9S2+. The van der Waals surface area contributed by atoms with E-state index in [-0.39, 0.29) is 56.5 Å². The number of para-hydroxylation sites is 1. The molecule has 0 spiro atoms. The molecule has 3 heterocycles. The number of nitrogens with two attached hydrogens (primary N) is 2. The van der Waals surface area contributed by atoms with Crippen molar-refractivity contribution in [3.05, 3.63) is 106 Å². The highest BCUT2D eigenvalue weighted by Crippen LogP contribution is 2.35. The van der Waals surface area contributed by atoms with E-state index in [4.69, 9.17) is 20.9 Å². The van der Waals surface area contributed by atoms with Crippen LogP contribution < -0.4 is 42.4 Å². The number of carbonyl (C=O) groups excluding carboxylic acids is 4. The van der Waals surface area contributed by atoms with E-state index in [2.05, 4.69) is 53.3 Å². The monoisotopic (exact) mass is 1150 g/mol. The van der Waals surface area contributed by atoms with Crippen LogP contribution in [0.1, 0.15) is 78.0 Å². The highest BCUT2D eigenvalue weighted by Gasteiger charge is 2.27. The number of aliphatic hydroxyl groups excluding tert-OH is 1. The second-order valence-corrected chi connectivity index (χ2v) is 22.7. The van der Waals surface area contributed by atoms with Gasteiger partial charge in [0.25, 0.3) is 0 Å². The maximum atomic E-state index is 15.3. The van der Waals surface area contributed by atoms with Gasteiger partial charge in [0.15, 0.2) is 39.2 Å². The number of urea groups is 1. The summed E-state index contributed by atoms with van der Waals surface area (Å²) in [6.45, 7) is 6.58. The molecule has 5 amide bonds. The van der Waals surface area contributed by atoms with Crippen LogP contribution in [0.15, 0.2) is 72.8 Å². The highest BCUT2D eigenvalue weighted by atomic mass is 32.1. The Bertz CT molecular complexity index is 3160. The lowest BCUT2D eigenvalue weighted by Gasteiger charge is -2.27. The minimum atomic E-state index is -1.20. The van der Waals surface area contributed by atoms with Crippen LogP contribution in [0.25, 0.3) is 10.2 Å². The van der Waals surface area contributed by atoms with Crippen LogP contribution in [-0.2, 0) is 27.4 Å². The number of halogens is 1. The van der Waals surface area contributed by atoms with Crippen molar-refractivity contribution in [2.24, 2.45) is 17.4 Å². The molecule has 1 unspecified atom stereocenters. The number of aromatic carboxylic acids is 1. The van der Waals surface area contributed by atoms with Gasteiger partial charge in [-0.3, -0.25) is 9.59 Å². The Balaban J connectivity index is 0.994. The average Bonchev–Trinajstić information content (AvgIpc) is 4.05. The number of aliphatic hydroxyl groups is 1. The maximum absolute atomic E-state index is 15.3. The fourth-order valence-electron chi connectivity index (χ4n) is 8.02. The Kier molecular flexibility index (Phi) is 22.6. The van der Waals surface area contributed by atoms with Crippen LogP contribution in [0, 0.1) is 30.5 Å². The predicted octanol–water partition coefficient (Wildman–Crippen LogP) is 6.90. The van der Waals surface area contributed by atoms with E-state index in [1.807, 2.05) is 63.3 Å². The summed E-state index contributed by atoms with van der Waals surface area (Å²) < 4.78 is 28.1. The van der Waals surface area contributed by atoms with Crippen LogP contribution in [0.2, 0.25) is 0 Å². The summed E-state index contributed by atoms with van der Waals surface area (Å²) in [7, 11) is 7.54. The molecule has 25 heteroatoms. The molecule has 0 fully saturated rings. The van der Waals surface area contributed by atoms with Gasteiger partial charge in [0.05, 0.1) is 50.6 Å². The first kappa shape index (κ1) is 62.2. The number of aromatic nitrogens is 4. The molecule has 3 aromatic heterocycles. The lowest BCUT2D eigenvalue weighted by Crippen LogP contribution is -2.51. The largest absolute Gasteiger partial charge is 0.491 e. The molecule has 6 rings (SSSR count). The first-order chi connectivity index (χ1) is 38.5.